The molecule has 0 radical (unpaired) electrons. The van der Waals surface area contributed by atoms with Crippen LogP contribution in [0.25, 0.3) is 0 Å². The molecule has 18 heavy (non-hydrogen) atoms. The van der Waals surface area contributed by atoms with E-state index in [9.17, 15) is 4.79 Å². The van der Waals surface area contributed by atoms with Crippen LogP contribution in [0.2, 0.25) is 5.15 Å². The van der Waals surface area contributed by atoms with Crippen molar-refractivity contribution in [3.8, 4) is 5.75 Å². The first-order chi connectivity index (χ1) is 8.63. The molecule has 0 amide bonds. The van der Waals surface area contributed by atoms with E-state index in [-0.39, 0.29) is 6.61 Å². The first-order valence-electron chi connectivity index (χ1n) is 6.14. The molecule has 0 bridgehead atoms. The molecule has 1 fully saturated rings. The van der Waals surface area contributed by atoms with E-state index in [0.29, 0.717) is 29.3 Å². The Morgan fingerprint density at radius 3 is 2.67 bits per heavy atom. The van der Waals surface area contributed by atoms with Gasteiger partial charge in [0, 0.05) is 12.1 Å². The average molecular weight is 269 g/mol. The molecular weight excluding hydrogens is 252 g/mol. The number of aromatic nitrogens is 1. The van der Waals surface area contributed by atoms with Crippen LogP contribution in [0.1, 0.15) is 26.7 Å². The molecular formula is C13H17ClN2O2. The Hall–Kier alpha value is -1.29. The first kappa shape index (κ1) is 13.1. The smallest absolute Gasteiger partial charge is 0.173 e. The third-order valence-corrected chi connectivity index (χ3v) is 3.59. The molecule has 2 rings (SSSR count). The van der Waals surface area contributed by atoms with Crippen molar-refractivity contribution in [2.75, 3.05) is 11.5 Å². The molecule has 4 nitrogen and oxygen atoms in total. The number of carbonyl (C=O) groups excluding carboxylic acids is 1. The molecule has 1 aromatic heterocycles. The minimum Gasteiger partial charge on any atom is -0.483 e. The molecule has 0 aliphatic carbocycles. The van der Waals surface area contributed by atoms with Gasteiger partial charge in [-0.1, -0.05) is 11.6 Å². The van der Waals surface area contributed by atoms with Gasteiger partial charge in [-0.25, -0.2) is 4.98 Å². The number of pyridine rings is 1. The summed E-state index contributed by atoms with van der Waals surface area (Å²) in [6.07, 6.45) is 3.03. The second-order valence-electron chi connectivity index (χ2n) is 4.62. The number of ether oxygens (including phenoxy) is 1. The fourth-order valence-corrected chi connectivity index (χ4v) is 2.64. The number of rotatable bonds is 4. The Balaban J connectivity index is 2.20. The van der Waals surface area contributed by atoms with Crippen LogP contribution in [0.4, 0.5) is 5.82 Å². The number of carbonyl (C=O) groups is 1. The van der Waals surface area contributed by atoms with Crippen molar-refractivity contribution in [3.63, 3.8) is 0 Å². The molecule has 0 saturated carbocycles. The quantitative estimate of drug-likeness (QED) is 0.622. The summed E-state index contributed by atoms with van der Waals surface area (Å²) >= 11 is 6.06. The molecule has 2 heterocycles. The molecule has 1 saturated heterocycles. The highest BCUT2D eigenvalue weighted by Crippen LogP contribution is 2.32. The van der Waals surface area contributed by atoms with E-state index < -0.39 is 0 Å². The summed E-state index contributed by atoms with van der Waals surface area (Å²) in [7, 11) is 0. The average Bonchev–Trinajstić information content (AvgIpc) is 2.68. The van der Waals surface area contributed by atoms with Gasteiger partial charge in [-0.3, -0.25) is 4.79 Å². The summed E-state index contributed by atoms with van der Waals surface area (Å²) in [5, 5.41) is 0.306. The van der Waals surface area contributed by atoms with Gasteiger partial charge >= 0.3 is 0 Å². The van der Waals surface area contributed by atoms with Crippen LogP contribution in [0.15, 0.2) is 12.1 Å². The van der Waals surface area contributed by atoms with Gasteiger partial charge in [0.25, 0.3) is 0 Å². The van der Waals surface area contributed by atoms with E-state index in [2.05, 4.69) is 23.7 Å². The second kappa shape index (κ2) is 5.57. The molecule has 1 aliphatic heterocycles. The van der Waals surface area contributed by atoms with Crippen LogP contribution in [0.3, 0.4) is 0 Å². The largest absolute Gasteiger partial charge is 0.483 e. The molecule has 1 aliphatic rings. The minimum atomic E-state index is -0.00271. The van der Waals surface area contributed by atoms with Gasteiger partial charge in [0.1, 0.15) is 12.4 Å². The first-order valence-corrected chi connectivity index (χ1v) is 6.52. The van der Waals surface area contributed by atoms with Crippen molar-refractivity contribution in [1.29, 1.82) is 0 Å². The minimum absolute atomic E-state index is 0.00271. The van der Waals surface area contributed by atoms with Gasteiger partial charge in [0.2, 0.25) is 0 Å². The zero-order valence-corrected chi connectivity index (χ0v) is 11.4. The van der Waals surface area contributed by atoms with Gasteiger partial charge in [0.15, 0.2) is 17.2 Å². The molecule has 2 unspecified atom stereocenters. The molecule has 0 spiro atoms. The molecule has 5 heteroatoms. The molecule has 1 aromatic rings. The Bertz CT molecular complexity index is 429. The molecule has 0 aromatic carbocycles. The SMILES string of the molecule is CC1CCC(C)N1c1ccc(OCC=O)c(Cl)n1. The van der Waals surface area contributed by atoms with E-state index >= 15 is 0 Å². The Kier molecular flexibility index (Phi) is 4.07. The number of hydrogen-bond acceptors (Lipinski definition) is 4. The summed E-state index contributed by atoms with van der Waals surface area (Å²) in [5.74, 6) is 1.32. The molecule has 0 N–H and O–H groups in total. The van der Waals surface area contributed by atoms with Gasteiger partial charge in [-0.05, 0) is 38.8 Å². The van der Waals surface area contributed by atoms with Gasteiger partial charge < -0.3 is 9.64 Å². The maximum Gasteiger partial charge on any atom is 0.173 e. The number of hydrogen-bond donors (Lipinski definition) is 0. The summed E-state index contributed by atoms with van der Waals surface area (Å²) in [6.45, 7) is 4.38. The Labute approximate surface area is 112 Å². The maximum atomic E-state index is 10.3. The summed E-state index contributed by atoms with van der Waals surface area (Å²) < 4.78 is 5.18. The van der Waals surface area contributed by atoms with Crippen LogP contribution in [-0.4, -0.2) is 30.0 Å². The van der Waals surface area contributed by atoms with Gasteiger partial charge in [0.05, 0.1) is 0 Å². The van der Waals surface area contributed by atoms with Crippen molar-refractivity contribution in [2.24, 2.45) is 0 Å². The van der Waals surface area contributed by atoms with E-state index in [1.54, 1.807) is 6.07 Å². The summed E-state index contributed by atoms with van der Waals surface area (Å²) in [5.41, 5.74) is 0. The lowest BCUT2D eigenvalue weighted by molar-refractivity contribution is -0.109. The summed E-state index contributed by atoms with van der Waals surface area (Å²) in [6, 6.07) is 4.62. The summed E-state index contributed by atoms with van der Waals surface area (Å²) in [4.78, 5) is 16.9. The van der Waals surface area contributed by atoms with E-state index in [0.717, 1.165) is 5.82 Å². The van der Waals surface area contributed by atoms with Crippen molar-refractivity contribution < 1.29 is 9.53 Å². The Morgan fingerprint density at radius 2 is 2.11 bits per heavy atom. The number of anilines is 1. The fraction of sp³-hybridized carbons (Fsp3) is 0.538. The second-order valence-corrected chi connectivity index (χ2v) is 4.98. The maximum absolute atomic E-state index is 10.3. The predicted molar refractivity (Wildman–Crippen MR) is 71.4 cm³/mol. The fourth-order valence-electron chi connectivity index (χ4n) is 2.43. The van der Waals surface area contributed by atoms with Gasteiger partial charge in [-0.15, -0.1) is 0 Å². The van der Waals surface area contributed by atoms with Crippen LogP contribution >= 0.6 is 11.6 Å². The van der Waals surface area contributed by atoms with Crippen molar-refractivity contribution in [3.05, 3.63) is 17.3 Å². The molecule has 2 atom stereocenters. The van der Waals surface area contributed by atoms with Crippen LogP contribution in [0.5, 0.6) is 5.75 Å². The van der Waals surface area contributed by atoms with Crippen LogP contribution in [-0.2, 0) is 4.79 Å². The standard InChI is InChI=1S/C13H17ClN2O2/c1-9-3-4-10(2)16(9)12-6-5-11(13(14)15-12)18-8-7-17/h5-7,9-10H,3-4,8H2,1-2H3. The highest BCUT2D eigenvalue weighted by molar-refractivity contribution is 6.30. The number of halogens is 1. The lowest BCUT2D eigenvalue weighted by Crippen LogP contribution is -2.33. The van der Waals surface area contributed by atoms with Crippen molar-refractivity contribution >= 4 is 23.7 Å². The van der Waals surface area contributed by atoms with E-state index in [1.165, 1.54) is 12.8 Å². The van der Waals surface area contributed by atoms with E-state index in [1.807, 2.05) is 6.07 Å². The predicted octanol–water partition coefficient (Wildman–Crippen LogP) is 2.69. The van der Waals surface area contributed by atoms with Gasteiger partial charge in [-0.2, -0.15) is 0 Å². The van der Waals surface area contributed by atoms with Crippen molar-refractivity contribution in [1.82, 2.24) is 4.98 Å². The lowest BCUT2D eigenvalue weighted by atomic mass is 10.2. The third-order valence-electron chi connectivity index (χ3n) is 3.32. The highest BCUT2D eigenvalue weighted by Gasteiger charge is 2.28. The topological polar surface area (TPSA) is 42.4 Å². The normalized spacial score (nSPS) is 23.2. The zero-order chi connectivity index (χ0) is 13.1. The lowest BCUT2D eigenvalue weighted by Gasteiger charge is -2.27. The van der Waals surface area contributed by atoms with Crippen molar-refractivity contribution in [2.45, 2.75) is 38.8 Å². The third kappa shape index (κ3) is 2.58. The van der Waals surface area contributed by atoms with Crippen LogP contribution in [0, 0.1) is 0 Å². The number of aldehydes is 1. The molecule has 98 valence electrons. The Morgan fingerprint density at radius 1 is 1.44 bits per heavy atom. The van der Waals surface area contributed by atoms with Crippen LogP contribution < -0.4 is 9.64 Å². The zero-order valence-electron chi connectivity index (χ0n) is 10.6. The highest BCUT2D eigenvalue weighted by atomic mass is 35.5. The van der Waals surface area contributed by atoms with E-state index in [4.69, 9.17) is 16.3 Å². The monoisotopic (exact) mass is 268 g/mol. The number of nitrogens with zero attached hydrogens (tertiary/aromatic N) is 2.